The van der Waals surface area contributed by atoms with Gasteiger partial charge in [-0.2, -0.15) is 0 Å². The summed E-state index contributed by atoms with van der Waals surface area (Å²) in [7, 11) is 0. The summed E-state index contributed by atoms with van der Waals surface area (Å²) in [4.78, 5) is 13.3. The van der Waals surface area contributed by atoms with Crippen LogP contribution in [0, 0.1) is 0 Å². The van der Waals surface area contributed by atoms with Gasteiger partial charge in [0.1, 0.15) is 16.6 Å². The smallest absolute Gasteiger partial charge is 0.169 e. The van der Waals surface area contributed by atoms with Crippen molar-refractivity contribution < 1.29 is 21.5 Å². The molecule has 4 aromatic heterocycles. The lowest BCUT2D eigenvalue weighted by atomic mass is 10.2. The number of halogens is 1. The fraction of sp³-hybridized carbons (Fsp3) is 0.250. The number of aromatic nitrogens is 4. The molecule has 0 spiro atoms. The lowest BCUT2D eigenvalue weighted by molar-refractivity contribution is -0.697. The molecule has 2 aromatic carbocycles. The van der Waals surface area contributed by atoms with Crippen LogP contribution in [0.3, 0.4) is 0 Å². The van der Waals surface area contributed by atoms with Crippen LogP contribution in [0.1, 0.15) is 47.5 Å². The van der Waals surface area contributed by atoms with E-state index in [4.69, 9.17) is 4.98 Å². The second kappa shape index (κ2) is 16.2. The Kier molecular flexibility index (Phi) is 13.4. The largest absolute Gasteiger partial charge is 1.00 e. The molecule has 204 valence electrons. The second-order valence-corrected chi connectivity index (χ2v) is 10.7. The number of fused-ring (bicyclic) bond motifs is 2. The first kappa shape index (κ1) is 32.2. The average molecular weight is 622 g/mol. The first-order chi connectivity index (χ1) is 17.8. The standard InChI is InChI=1S/C18H21N2S.C12H8N2S.2CH4.BrH/c1-2-3-4-7-12-20-13-10-15(11-14-20)18-19-16-8-5-6-9-17(16)21-18;1-2-4-11-10(3-1)14-12(15-11)9-5-7-13-8-6-9;;;/h5-6,8-11,13-14H,2-4,7,12H2,1H3;1-8H;2*1H4;1H/q+1;;;;/p-1. The van der Waals surface area contributed by atoms with Crippen LogP contribution in [0.4, 0.5) is 0 Å². The second-order valence-electron chi connectivity index (χ2n) is 8.59. The predicted molar refractivity (Wildman–Crippen MR) is 166 cm³/mol. The predicted octanol–water partition coefficient (Wildman–Crippen LogP) is 6.47. The highest BCUT2D eigenvalue weighted by atomic mass is 79.9. The number of pyridine rings is 2. The molecule has 0 N–H and O–H groups in total. The quantitative estimate of drug-likeness (QED) is 0.152. The molecule has 0 aliphatic heterocycles. The van der Waals surface area contributed by atoms with Gasteiger partial charge in [-0.15, -0.1) is 22.7 Å². The number of aryl methyl sites for hydroxylation is 1. The topological polar surface area (TPSA) is 42.5 Å². The molecule has 0 bridgehead atoms. The lowest BCUT2D eigenvalue weighted by Crippen LogP contribution is -3.00. The summed E-state index contributed by atoms with van der Waals surface area (Å²) in [5.41, 5.74) is 4.50. The molecule has 6 aromatic rings. The molecule has 7 heteroatoms. The Morgan fingerprint density at radius 2 is 1.15 bits per heavy atom. The number of nitrogens with zero attached hydrogens (tertiary/aromatic N) is 4. The van der Waals surface area contributed by atoms with E-state index in [-0.39, 0.29) is 31.8 Å². The SMILES string of the molecule is C.C.CCCCCC[n+]1ccc(-c2nc3ccccc3s2)cc1.[Br-].c1ccc2sc(-c3ccncc3)nc2c1. The maximum Gasteiger partial charge on any atom is 0.169 e. The van der Waals surface area contributed by atoms with E-state index >= 15 is 0 Å². The van der Waals surface area contributed by atoms with Crippen LogP contribution in [0.5, 0.6) is 0 Å². The van der Waals surface area contributed by atoms with E-state index in [1.807, 2.05) is 36.4 Å². The van der Waals surface area contributed by atoms with Crippen molar-refractivity contribution in [2.45, 2.75) is 54.0 Å². The van der Waals surface area contributed by atoms with Gasteiger partial charge in [0.2, 0.25) is 0 Å². The number of hydrogen-bond donors (Lipinski definition) is 0. The van der Waals surface area contributed by atoms with Crippen LogP contribution in [0.15, 0.2) is 97.6 Å². The Labute approximate surface area is 251 Å². The highest BCUT2D eigenvalue weighted by Gasteiger charge is 2.08. The van der Waals surface area contributed by atoms with Crippen LogP contribution in [0.25, 0.3) is 41.6 Å². The fourth-order valence-corrected chi connectivity index (χ4v) is 5.90. The molecule has 4 heterocycles. The van der Waals surface area contributed by atoms with Crippen molar-refractivity contribution in [3.63, 3.8) is 0 Å². The van der Waals surface area contributed by atoms with Crippen molar-refractivity contribution in [1.29, 1.82) is 0 Å². The van der Waals surface area contributed by atoms with Crippen LogP contribution in [0.2, 0.25) is 0 Å². The Morgan fingerprint density at radius 1 is 0.641 bits per heavy atom. The minimum Gasteiger partial charge on any atom is -1.00 e. The van der Waals surface area contributed by atoms with Crippen LogP contribution in [-0.2, 0) is 6.54 Å². The number of para-hydroxylation sites is 2. The van der Waals surface area contributed by atoms with Gasteiger partial charge in [-0.25, -0.2) is 14.5 Å². The Bertz CT molecular complexity index is 1460. The molecule has 0 aliphatic carbocycles. The normalized spacial score (nSPS) is 10.1. The van der Waals surface area contributed by atoms with Crippen molar-refractivity contribution in [2.24, 2.45) is 0 Å². The van der Waals surface area contributed by atoms with Crippen molar-refractivity contribution >= 4 is 43.1 Å². The number of unbranched alkanes of at least 4 members (excludes halogenated alkanes) is 3. The first-order valence-corrected chi connectivity index (χ1v) is 14.0. The molecule has 6 rings (SSSR count). The van der Waals surface area contributed by atoms with Crippen LogP contribution in [-0.4, -0.2) is 15.0 Å². The third-order valence-corrected chi connectivity index (χ3v) is 8.09. The van der Waals surface area contributed by atoms with E-state index in [0.29, 0.717) is 0 Å². The Hall–Kier alpha value is -3.00. The van der Waals surface area contributed by atoms with Gasteiger partial charge >= 0.3 is 0 Å². The number of rotatable bonds is 7. The monoisotopic (exact) mass is 620 g/mol. The highest BCUT2D eigenvalue weighted by Crippen LogP contribution is 2.30. The van der Waals surface area contributed by atoms with Crippen molar-refractivity contribution in [3.05, 3.63) is 97.6 Å². The minimum atomic E-state index is 0. The third-order valence-electron chi connectivity index (χ3n) is 5.92. The van der Waals surface area contributed by atoms with Crippen LogP contribution >= 0.6 is 22.7 Å². The molecule has 39 heavy (non-hydrogen) atoms. The molecule has 0 atom stereocenters. The molecule has 0 aliphatic rings. The minimum absolute atomic E-state index is 0. The number of hydrogen-bond acceptors (Lipinski definition) is 5. The summed E-state index contributed by atoms with van der Waals surface area (Å²) in [6.45, 7) is 3.36. The molecule has 0 fully saturated rings. The summed E-state index contributed by atoms with van der Waals surface area (Å²) in [5, 5.41) is 2.16. The molecule has 0 saturated heterocycles. The van der Waals surface area contributed by atoms with Gasteiger partial charge in [0, 0.05) is 42.1 Å². The van der Waals surface area contributed by atoms with Gasteiger partial charge in [-0.3, -0.25) is 4.98 Å². The van der Waals surface area contributed by atoms with Gasteiger partial charge in [0.25, 0.3) is 0 Å². The Morgan fingerprint density at radius 3 is 1.67 bits per heavy atom. The molecule has 0 saturated carbocycles. The van der Waals surface area contributed by atoms with E-state index in [1.54, 1.807) is 35.1 Å². The molecule has 0 amide bonds. The highest BCUT2D eigenvalue weighted by molar-refractivity contribution is 7.22. The average Bonchev–Trinajstić information content (AvgIpc) is 3.57. The van der Waals surface area contributed by atoms with Gasteiger partial charge in [0.15, 0.2) is 12.4 Å². The van der Waals surface area contributed by atoms with Gasteiger partial charge < -0.3 is 17.0 Å². The lowest BCUT2D eigenvalue weighted by Gasteiger charge is -1.98. The summed E-state index contributed by atoms with van der Waals surface area (Å²) in [6, 6.07) is 24.8. The maximum absolute atomic E-state index is 4.71. The summed E-state index contributed by atoms with van der Waals surface area (Å²) < 4.78 is 4.75. The summed E-state index contributed by atoms with van der Waals surface area (Å²) in [5.74, 6) is 0. The van der Waals surface area contributed by atoms with Crippen molar-refractivity contribution in [2.75, 3.05) is 0 Å². The van der Waals surface area contributed by atoms with Crippen molar-refractivity contribution in [3.8, 4) is 21.1 Å². The third kappa shape index (κ3) is 8.49. The number of thiazole rings is 2. The fourth-order valence-electron chi connectivity index (χ4n) is 3.96. The van der Waals surface area contributed by atoms with Gasteiger partial charge in [0.05, 0.1) is 20.4 Å². The Balaban J connectivity index is 0.000000265. The van der Waals surface area contributed by atoms with Gasteiger partial charge in [-0.1, -0.05) is 58.9 Å². The van der Waals surface area contributed by atoms with Crippen molar-refractivity contribution in [1.82, 2.24) is 15.0 Å². The molecule has 0 radical (unpaired) electrons. The number of benzene rings is 2. The molecule has 0 unspecified atom stereocenters. The molecular weight excluding hydrogens is 584 g/mol. The van der Waals surface area contributed by atoms with E-state index in [1.165, 1.54) is 40.6 Å². The molecular formula is C32H37BrN4S2. The summed E-state index contributed by atoms with van der Waals surface area (Å²) >= 11 is 3.47. The van der Waals surface area contributed by atoms with E-state index in [9.17, 15) is 0 Å². The van der Waals surface area contributed by atoms with Gasteiger partial charge in [-0.05, 0) is 42.8 Å². The van der Waals surface area contributed by atoms with E-state index < -0.39 is 0 Å². The first-order valence-electron chi connectivity index (χ1n) is 12.4. The maximum atomic E-state index is 4.71. The van der Waals surface area contributed by atoms with E-state index in [0.717, 1.165) is 33.2 Å². The zero-order valence-corrected chi connectivity index (χ0v) is 24.0. The summed E-state index contributed by atoms with van der Waals surface area (Å²) in [6.07, 6.45) is 13.1. The zero-order chi connectivity index (χ0) is 24.6. The zero-order valence-electron chi connectivity index (χ0n) is 20.8. The van der Waals surface area contributed by atoms with Crippen LogP contribution < -0.4 is 21.5 Å². The molecule has 4 nitrogen and oxygen atoms in total. The van der Waals surface area contributed by atoms with E-state index in [2.05, 4.69) is 70.3 Å².